The highest BCUT2D eigenvalue weighted by atomic mass is 19.1. The minimum Gasteiger partial charge on any atom is -0.491 e. The molecule has 2 N–H and O–H groups in total. The first-order valence-corrected chi connectivity index (χ1v) is 7.63. The predicted octanol–water partition coefficient (Wildman–Crippen LogP) is 2.97. The van der Waals surface area contributed by atoms with Crippen molar-refractivity contribution in [2.45, 2.75) is 18.9 Å². The number of aliphatic hydroxyl groups is 1. The van der Waals surface area contributed by atoms with Crippen molar-refractivity contribution in [3.8, 4) is 5.75 Å². The van der Waals surface area contributed by atoms with E-state index >= 15 is 0 Å². The molecular formula is C18H19F2NO3. The van der Waals surface area contributed by atoms with Crippen molar-refractivity contribution in [2.75, 3.05) is 13.2 Å². The van der Waals surface area contributed by atoms with Crippen LogP contribution < -0.4 is 10.1 Å². The fraction of sp³-hybridized carbons (Fsp3) is 0.278. The van der Waals surface area contributed by atoms with Crippen molar-refractivity contribution in [3.63, 3.8) is 0 Å². The Labute approximate surface area is 139 Å². The summed E-state index contributed by atoms with van der Waals surface area (Å²) in [5, 5.41) is 12.1. The van der Waals surface area contributed by atoms with Crippen molar-refractivity contribution < 1.29 is 23.4 Å². The van der Waals surface area contributed by atoms with Crippen LogP contribution in [0, 0.1) is 11.6 Å². The summed E-state index contributed by atoms with van der Waals surface area (Å²) in [5.41, 5.74) is 0.818. The van der Waals surface area contributed by atoms with E-state index in [1.165, 1.54) is 6.07 Å². The highest BCUT2D eigenvalue weighted by Gasteiger charge is 2.13. The maximum Gasteiger partial charge on any atom is 0.220 e. The molecule has 0 aliphatic carbocycles. The van der Waals surface area contributed by atoms with Crippen LogP contribution >= 0.6 is 0 Å². The lowest BCUT2D eigenvalue weighted by Crippen LogP contribution is -2.30. The molecule has 24 heavy (non-hydrogen) atoms. The van der Waals surface area contributed by atoms with Crippen molar-refractivity contribution in [1.82, 2.24) is 5.32 Å². The number of hydrogen-bond donors (Lipinski definition) is 2. The zero-order valence-electron chi connectivity index (χ0n) is 13.0. The third-order valence-corrected chi connectivity index (χ3v) is 3.42. The summed E-state index contributed by atoms with van der Waals surface area (Å²) in [6, 6.07) is 11.8. The molecule has 128 valence electrons. The summed E-state index contributed by atoms with van der Waals surface area (Å²) >= 11 is 0. The van der Waals surface area contributed by atoms with Crippen molar-refractivity contribution in [1.29, 1.82) is 0 Å². The van der Waals surface area contributed by atoms with Gasteiger partial charge in [-0.1, -0.05) is 30.3 Å². The molecule has 0 aliphatic heterocycles. The van der Waals surface area contributed by atoms with Gasteiger partial charge in [0.25, 0.3) is 0 Å². The number of amides is 1. The Morgan fingerprint density at radius 1 is 1.17 bits per heavy atom. The van der Waals surface area contributed by atoms with Gasteiger partial charge in [0.1, 0.15) is 5.82 Å². The van der Waals surface area contributed by atoms with Gasteiger partial charge in [-0.3, -0.25) is 4.79 Å². The molecule has 1 amide bonds. The maximum absolute atomic E-state index is 13.4. The zero-order chi connectivity index (χ0) is 17.4. The normalized spacial score (nSPS) is 11.8. The van der Waals surface area contributed by atoms with Crippen LogP contribution in [0.25, 0.3) is 0 Å². The van der Waals surface area contributed by atoms with Gasteiger partial charge in [0, 0.05) is 12.5 Å². The van der Waals surface area contributed by atoms with Crippen LogP contribution in [-0.2, 0) is 4.79 Å². The van der Waals surface area contributed by atoms with Crippen molar-refractivity contribution >= 4 is 5.91 Å². The van der Waals surface area contributed by atoms with Gasteiger partial charge in [0.2, 0.25) is 5.91 Å². The van der Waals surface area contributed by atoms with Crippen LogP contribution in [0.4, 0.5) is 8.78 Å². The lowest BCUT2D eigenvalue weighted by atomic mass is 10.1. The summed E-state index contributed by atoms with van der Waals surface area (Å²) < 4.78 is 31.3. The number of aliphatic hydroxyl groups excluding tert-OH is 1. The molecule has 0 saturated heterocycles. The molecule has 0 fully saturated rings. The highest BCUT2D eigenvalue weighted by Crippen LogP contribution is 2.18. The summed E-state index contributed by atoms with van der Waals surface area (Å²) in [4.78, 5) is 11.9. The lowest BCUT2D eigenvalue weighted by Gasteiger charge is -2.16. The fourth-order valence-electron chi connectivity index (χ4n) is 2.19. The first-order chi connectivity index (χ1) is 11.6. The van der Waals surface area contributed by atoms with E-state index < -0.39 is 17.7 Å². The number of benzene rings is 2. The Bertz CT molecular complexity index is 665. The number of halogens is 2. The van der Waals surface area contributed by atoms with E-state index in [-0.39, 0.29) is 31.3 Å². The average molecular weight is 335 g/mol. The molecular weight excluding hydrogens is 316 g/mol. The standard InChI is InChI=1S/C18H19F2NO3/c19-14-8-9-17(15(20)11-14)24-10-4-7-18(23)21-16(12-22)13-5-2-1-3-6-13/h1-3,5-6,8-9,11,16,22H,4,7,10,12H2,(H,21,23). The second kappa shape index (κ2) is 8.98. The van der Waals surface area contributed by atoms with Crippen molar-refractivity contribution in [3.05, 3.63) is 65.7 Å². The van der Waals surface area contributed by atoms with Crippen LogP contribution in [-0.4, -0.2) is 24.2 Å². The number of rotatable bonds is 8. The summed E-state index contributed by atoms with van der Waals surface area (Å²) in [6.07, 6.45) is 0.543. The van der Waals surface area contributed by atoms with Crippen LogP contribution in [0.1, 0.15) is 24.4 Å². The highest BCUT2D eigenvalue weighted by molar-refractivity contribution is 5.76. The van der Waals surface area contributed by atoms with Gasteiger partial charge in [0.05, 0.1) is 19.3 Å². The van der Waals surface area contributed by atoms with E-state index in [2.05, 4.69) is 5.32 Å². The molecule has 2 rings (SSSR count). The van der Waals surface area contributed by atoms with Gasteiger partial charge < -0.3 is 15.2 Å². The number of carbonyl (C=O) groups is 1. The molecule has 4 nitrogen and oxygen atoms in total. The second-order valence-corrected chi connectivity index (χ2v) is 5.24. The van der Waals surface area contributed by atoms with Crippen molar-refractivity contribution in [2.24, 2.45) is 0 Å². The zero-order valence-corrected chi connectivity index (χ0v) is 13.0. The molecule has 2 aromatic rings. The molecule has 0 aliphatic rings. The van der Waals surface area contributed by atoms with E-state index in [9.17, 15) is 18.7 Å². The monoisotopic (exact) mass is 335 g/mol. The Balaban J connectivity index is 1.74. The second-order valence-electron chi connectivity index (χ2n) is 5.24. The molecule has 0 bridgehead atoms. The Hall–Kier alpha value is -2.47. The summed E-state index contributed by atoms with van der Waals surface area (Å²) in [7, 11) is 0. The smallest absolute Gasteiger partial charge is 0.220 e. The molecule has 0 spiro atoms. The predicted molar refractivity (Wildman–Crippen MR) is 85.5 cm³/mol. The van der Waals surface area contributed by atoms with Crippen LogP contribution in [0.2, 0.25) is 0 Å². The minimum absolute atomic E-state index is 0.0469. The largest absolute Gasteiger partial charge is 0.491 e. The number of carbonyl (C=O) groups excluding carboxylic acids is 1. The fourth-order valence-corrected chi connectivity index (χ4v) is 2.19. The van der Waals surface area contributed by atoms with Crippen LogP contribution in [0.15, 0.2) is 48.5 Å². The van der Waals surface area contributed by atoms with E-state index in [0.717, 1.165) is 17.7 Å². The molecule has 6 heteroatoms. The average Bonchev–Trinajstić information content (AvgIpc) is 2.59. The molecule has 0 saturated carbocycles. The number of nitrogens with one attached hydrogen (secondary N) is 1. The third-order valence-electron chi connectivity index (χ3n) is 3.42. The maximum atomic E-state index is 13.4. The van der Waals surface area contributed by atoms with Gasteiger partial charge in [-0.25, -0.2) is 8.78 Å². The molecule has 2 aromatic carbocycles. The molecule has 0 heterocycles. The Morgan fingerprint density at radius 2 is 1.92 bits per heavy atom. The van der Waals surface area contributed by atoms with Gasteiger partial charge in [-0.05, 0) is 24.1 Å². The molecule has 1 unspecified atom stereocenters. The van der Waals surface area contributed by atoms with Gasteiger partial charge in [-0.2, -0.15) is 0 Å². The number of ether oxygens (including phenoxy) is 1. The van der Waals surface area contributed by atoms with Gasteiger partial charge in [0.15, 0.2) is 11.6 Å². The SMILES string of the molecule is O=C(CCCOc1ccc(F)cc1F)NC(CO)c1ccccc1. The molecule has 0 radical (unpaired) electrons. The van der Waals surface area contributed by atoms with Crippen LogP contribution in [0.3, 0.4) is 0 Å². The van der Waals surface area contributed by atoms with Crippen LogP contribution in [0.5, 0.6) is 5.75 Å². The topological polar surface area (TPSA) is 58.6 Å². The molecule has 0 aromatic heterocycles. The third kappa shape index (κ3) is 5.31. The molecule has 1 atom stereocenters. The number of hydrogen-bond acceptors (Lipinski definition) is 3. The first kappa shape index (κ1) is 17.9. The minimum atomic E-state index is -0.774. The van der Waals surface area contributed by atoms with E-state index in [4.69, 9.17) is 4.74 Å². The van der Waals surface area contributed by atoms with Gasteiger partial charge in [-0.15, -0.1) is 0 Å². The Morgan fingerprint density at radius 3 is 2.58 bits per heavy atom. The van der Waals surface area contributed by atoms with E-state index in [0.29, 0.717) is 6.42 Å². The quantitative estimate of drug-likeness (QED) is 0.729. The lowest BCUT2D eigenvalue weighted by molar-refractivity contribution is -0.122. The van der Waals surface area contributed by atoms with E-state index in [1.54, 1.807) is 0 Å². The van der Waals surface area contributed by atoms with E-state index in [1.807, 2.05) is 30.3 Å². The summed E-state index contributed by atoms with van der Waals surface area (Å²) in [6.45, 7) is -0.0713. The summed E-state index contributed by atoms with van der Waals surface area (Å²) in [5.74, 6) is -1.73. The first-order valence-electron chi connectivity index (χ1n) is 7.63. The van der Waals surface area contributed by atoms with Gasteiger partial charge >= 0.3 is 0 Å². The Kier molecular flexibility index (Phi) is 6.69.